The summed E-state index contributed by atoms with van der Waals surface area (Å²) < 4.78 is 1.09. The Kier molecular flexibility index (Phi) is 4.14. The zero-order chi connectivity index (χ0) is 10.0. The zero-order valence-electron chi connectivity index (χ0n) is 9.41. The molecule has 1 heterocycles. The SMILES string of the molecule is C[N+]1(C)CCNCC1c1ccccc1.[Cl-]. The highest BCUT2D eigenvalue weighted by Crippen LogP contribution is 2.25. The minimum Gasteiger partial charge on any atom is -1.00 e. The van der Waals surface area contributed by atoms with Crippen LogP contribution in [-0.2, 0) is 0 Å². The first-order valence-electron chi connectivity index (χ1n) is 5.28. The van der Waals surface area contributed by atoms with Crippen LogP contribution in [0.5, 0.6) is 0 Å². The molecule has 2 nitrogen and oxygen atoms in total. The molecule has 0 saturated carbocycles. The van der Waals surface area contributed by atoms with Gasteiger partial charge in [-0.05, 0) is 0 Å². The monoisotopic (exact) mass is 226 g/mol. The molecule has 1 fully saturated rings. The lowest BCUT2D eigenvalue weighted by molar-refractivity contribution is -0.923. The van der Waals surface area contributed by atoms with Crippen molar-refractivity contribution in [3.63, 3.8) is 0 Å². The summed E-state index contributed by atoms with van der Waals surface area (Å²) in [6.45, 7) is 3.44. The van der Waals surface area contributed by atoms with E-state index in [9.17, 15) is 0 Å². The molecule has 1 aromatic carbocycles. The second-order valence-electron chi connectivity index (χ2n) is 4.63. The molecule has 1 atom stereocenters. The Morgan fingerprint density at radius 2 is 1.87 bits per heavy atom. The van der Waals surface area contributed by atoms with Crippen LogP contribution in [0.1, 0.15) is 11.6 Å². The van der Waals surface area contributed by atoms with Gasteiger partial charge in [0, 0.05) is 12.1 Å². The van der Waals surface area contributed by atoms with E-state index in [1.807, 2.05) is 0 Å². The van der Waals surface area contributed by atoms with E-state index in [-0.39, 0.29) is 12.4 Å². The van der Waals surface area contributed by atoms with Gasteiger partial charge in [0.15, 0.2) is 0 Å². The molecule has 0 radical (unpaired) electrons. The summed E-state index contributed by atoms with van der Waals surface area (Å²) >= 11 is 0. The summed E-state index contributed by atoms with van der Waals surface area (Å²) in [5, 5.41) is 3.47. The summed E-state index contributed by atoms with van der Waals surface area (Å²) in [5.74, 6) is 0. The summed E-state index contributed by atoms with van der Waals surface area (Å²) in [6, 6.07) is 11.4. The fourth-order valence-electron chi connectivity index (χ4n) is 2.21. The van der Waals surface area contributed by atoms with Gasteiger partial charge in [-0.25, -0.2) is 0 Å². The Bertz CT molecular complexity index is 298. The standard InChI is InChI=1S/C12H19N2.ClH/c1-14(2)9-8-13-10-12(14)11-6-4-3-5-7-11;/h3-7,12-13H,8-10H2,1-2H3;1H/q+1;/p-1. The molecule has 1 aliphatic heterocycles. The topological polar surface area (TPSA) is 12.0 Å². The Balaban J connectivity index is 0.00000112. The van der Waals surface area contributed by atoms with Gasteiger partial charge >= 0.3 is 0 Å². The predicted octanol–water partition coefficient (Wildman–Crippen LogP) is -1.59. The molecule has 15 heavy (non-hydrogen) atoms. The van der Waals surface area contributed by atoms with E-state index >= 15 is 0 Å². The second kappa shape index (κ2) is 4.97. The van der Waals surface area contributed by atoms with Crippen molar-refractivity contribution in [1.82, 2.24) is 5.32 Å². The maximum Gasteiger partial charge on any atom is 0.127 e. The van der Waals surface area contributed by atoms with Crippen LogP contribution in [0.4, 0.5) is 0 Å². The number of quaternary nitrogens is 1. The highest BCUT2D eigenvalue weighted by molar-refractivity contribution is 5.18. The predicted molar refractivity (Wildman–Crippen MR) is 59.0 cm³/mol. The summed E-state index contributed by atoms with van der Waals surface area (Å²) in [4.78, 5) is 0. The van der Waals surface area contributed by atoms with Crippen LogP contribution in [-0.4, -0.2) is 38.2 Å². The van der Waals surface area contributed by atoms with E-state index < -0.39 is 0 Å². The first-order chi connectivity index (χ1) is 6.70. The molecule has 1 unspecified atom stereocenters. The van der Waals surface area contributed by atoms with Gasteiger partial charge < -0.3 is 22.2 Å². The third-order valence-corrected chi connectivity index (χ3v) is 3.23. The normalized spacial score (nSPS) is 24.3. The molecule has 84 valence electrons. The molecule has 0 aromatic heterocycles. The van der Waals surface area contributed by atoms with Crippen molar-refractivity contribution in [3.05, 3.63) is 35.9 Å². The Morgan fingerprint density at radius 1 is 1.20 bits per heavy atom. The van der Waals surface area contributed by atoms with Gasteiger partial charge in [0.1, 0.15) is 6.04 Å². The third kappa shape index (κ3) is 2.71. The highest BCUT2D eigenvalue weighted by Gasteiger charge is 2.32. The number of halogens is 1. The lowest BCUT2D eigenvalue weighted by Crippen LogP contribution is -3.00. The zero-order valence-corrected chi connectivity index (χ0v) is 10.2. The van der Waals surface area contributed by atoms with Crippen LogP contribution in [0.2, 0.25) is 0 Å². The van der Waals surface area contributed by atoms with Gasteiger partial charge in [0.2, 0.25) is 0 Å². The van der Waals surface area contributed by atoms with E-state index in [1.54, 1.807) is 0 Å². The van der Waals surface area contributed by atoms with Crippen LogP contribution in [0.15, 0.2) is 30.3 Å². The number of nitrogens with one attached hydrogen (secondary N) is 1. The van der Waals surface area contributed by atoms with Crippen molar-refractivity contribution in [3.8, 4) is 0 Å². The van der Waals surface area contributed by atoms with Crippen molar-refractivity contribution >= 4 is 0 Å². The molecule has 2 rings (SSSR count). The quantitative estimate of drug-likeness (QED) is 0.570. The number of hydrogen-bond acceptors (Lipinski definition) is 1. The molecule has 1 N–H and O–H groups in total. The van der Waals surface area contributed by atoms with Crippen molar-refractivity contribution in [2.24, 2.45) is 0 Å². The first-order valence-corrected chi connectivity index (χ1v) is 5.28. The fourth-order valence-corrected chi connectivity index (χ4v) is 2.21. The van der Waals surface area contributed by atoms with Gasteiger partial charge in [-0.15, -0.1) is 0 Å². The van der Waals surface area contributed by atoms with Crippen molar-refractivity contribution in [2.75, 3.05) is 33.7 Å². The average molecular weight is 227 g/mol. The van der Waals surface area contributed by atoms with Crippen LogP contribution in [0, 0.1) is 0 Å². The molecule has 0 aliphatic carbocycles. The van der Waals surface area contributed by atoms with Gasteiger partial charge in [-0.2, -0.15) is 0 Å². The minimum absolute atomic E-state index is 0. The number of nitrogens with zero attached hydrogens (tertiary/aromatic N) is 1. The van der Waals surface area contributed by atoms with Crippen LogP contribution in [0.3, 0.4) is 0 Å². The summed E-state index contributed by atoms with van der Waals surface area (Å²) in [6.07, 6.45) is 0. The largest absolute Gasteiger partial charge is 1.00 e. The van der Waals surface area contributed by atoms with Crippen LogP contribution < -0.4 is 17.7 Å². The number of piperazine rings is 1. The number of likely N-dealkylation sites (N-methyl/N-ethyl adjacent to an activating group) is 1. The maximum atomic E-state index is 3.47. The van der Waals surface area contributed by atoms with E-state index in [1.165, 1.54) is 12.1 Å². The fraction of sp³-hybridized carbons (Fsp3) is 0.500. The lowest BCUT2D eigenvalue weighted by atomic mass is 10.0. The Morgan fingerprint density at radius 3 is 2.47 bits per heavy atom. The van der Waals surface area contributed by atoms with Crippen molar-refractivity contribution in [1.29, 1.82) is 0 Å². The first kappa shape index (κ1) is 12.5. The molecule has 1 saturated heterocycles. The highest BCUT2D eigenvalue weighted by atomic mass is 35.5. The van der Waals surface area contributed by atoms with Gasteiger partial charge in [0.05, 0.1) is 27.2 Å². The van der Waals surface area contributed by atoms with Gasteiger partial charge in [-0.1, -0.05) is 30.3 Å². The number of benzene rings is 1. The maximum absolute atomic E-state index is 3.47. The Labute approximate surface area is 98.3 Å². The molecule has 1 aromatic rings. The number of hydrogen-bond donors (Lipinski definition) is 1. The van der Waals surface area contributed by atoms with Crippen LogP contribution >= 0.6 is 0 Å². The average Bonchev–Trinajstić information content (AvgIpc) is 2.18. The van der Waals surface area contributed by atoms with E-state index in [4.69, 9.17) is 0 Å². The Hall–Kier alpha value is -0.570. The molecule has 0 amide bonds. The van der Waals surface area contributed by atoms with E-state index in [0.29, 0.717) is 6.04 Å². The van der Waals surface area contributed by atoms with E-state index in [0.717, 1.165) is 17.6 Å². The lowest BCUT2D eigenvalue weighted by Gasteiger charge is -2.42. The van der Waals surface area contributed by atoms with Crippen molar-refractivity contribution in [2.45, 2.75) is 6.04 Å². The summed E-state index contributed by atoms with van der Waals surface area (Å²) in [5.41, 5.74) is 1.45. The van der Waals surface area contributed by atoms with Gasteiger partial charge in [0.25, 0.3) is 0 Å². The molecule has 0 spiro atoms. The van der Waals surface area contributed by atoms with Gasteiger partial charge in [-0.3, -0.25) is 0 Å². The molecule has 1 aliphatic rings. The van der Waals surface area contributed by atoms with Crippen molar-refractivity contribution < 1.29 is 16.9 Å². The summed E-state index contributed by atoms with van der Waals surface area (Å²) in [7, 11) is 4.64. The third-order valence-electron chi connectivity index (χ3n) is 3.23. The molecular formula is C12H19ClN2. The molecule has 3 heteroatoms. The minimum atomic E-state index is 0. The van der Waals surface area contributed by atoms with Crippen LogP contribution in [0.25, 0.3) is 0 Å². The number of rotatable bonds is 1. The smallest absolute Gasteiger partial charge is 0.127 e. The van der Waals surface area contributed by atoms with E-state index in [2.05, 4.69) is 49.7 Å². The molecule has 0 bridgehead atoms. The second-order valence-corrected chi connectivity index (χ2v) is 4.63. The molecular weight excluding hydrogens is 208 g/mol.